The van der Waals surface area contributed by atoms with Crippen LogP contribution in [0.4, 0.5) is 0 Å². The van der Waals surface area contributed by atoms with Crippen molar-refractivity contribution >= 4 is 27.8 Å². The predicted molar refractivity (Wildman–Crippen MR) is 74.4 cm³/mol. The number of carbonyl (C=O) groups is 1. The summed E-state index contributed by atoms with van der Waals surface area (Å²) in [6, 6.07) is 12.8. The first-order chi connectivity index (χ1) is 9.58. The maximum Gasteiger partial charge on any atom is 0.335 e. The first-order valence-corrected chi connectivity index (χ1v) is 6.17. The average molecular weight is 271 g/mol. The number of aromatic amines is 1. The van der Waals surface area contributed by atoms with Crippen molar-refractivity contribution in [1.82, 2.24) is 4.98 Å². The van der Waals surface area contributed by atoms with E-state index < -0.39 is 18.2 Å². The van der Waals surface area contributed by atoms with E-state index in [0.29, 0.717) is 5.56 Å². The van der Waals surface area contributed by atoms with Gasteiger partial charge in [-0.2, -0.15) is 0 Å². The zero-order chi connectivity index (χ0) is 14.3. The molecule has 4 N–H and O–H groups in total. The zero-order valence-corrected chi connectivity index (χ0v) is 10.4. The minimum Gasteiger partial charge on any atom is -0.479 e. The normalized spacial score (nSPS) is 14.5. The fraction of sp³-hybridized carbons (Fsp3) is 0.133. The number of aliphatic hydroxyl groups is 2. The lowest BCUT2D eigenvalue weighted by molar-refractivity contribution is -0.153. The number of aliphatic carboxylic acids is 1. The van der Waals surface area contributed by atoms with E-state index in [-0.39, 0.29) is 0 Å². The van der Waals surface area contributed by atoms with Crippen molar-refractivity contribution in [3.8, 4) is 0 Å². The summed E-state index contributed by atoms with van der Waals surface area (Å²) in [7, 11) is 0. The Hall–Kier alpha value is -2.37. The SMILES string of the molecule is O=C(O)C(O)C(O)c1ccc2[nH]c3ccccc3c2c1. The summed E-state index contributed by atoms with van der Waals surface area (Å²) in [4.78, 5) is 14.0. The lowest BCUT2D eigenvalue weighted by Gasteiger charge is -2.14. The minimum absolute atomic E-state index is 0.372. The molecule has 3 aromatic rings. The van der Waals surface area contributed by atoms with Gasteiger partial charge in [0.1, 0.15) is 6.10 Å². The maximum absolute atomic E-state index is 10.7. The number of hydrogen-bond donors (Lipinski definition) is 4. The number of hydrogen-bond acceptors (Lipinski definition) is 3. The van der Waals surface area contributed by atoms with Gasteiger partial charge in [0.15, 0.2) is 6.10 Å². The zero-order valence-electron chi connectivity index (χ0n) is 10.4. The van der Waals surface area contributed by atoms with E-state index in [0.717, 1.165) is 21.8 Å². The van der Waals surface area contributed by atoms with Crippen LogP contribution < -0.4 is 0 Å². The van der Waals surface area contributed by atoms with Crippen molar-refractivity contribution in [3.63, 3.8) is 0 Å². The lowest BCUT2D eigenvalue weighted by atomic mass is 10.0. The summed E-state index contributed by atoms with van der Waals surface area (Å²) < 4.78 is 0. The molecule has 0 bridgehead atoms. The van der Waals surface area contributed by atoms with Gasteiger partial charge in [-0.15, -0.1) is 0 Å². The largest absolute Gasteiger partial charge is 0.479 e. The van der Waals surface area contributed by atoms with Crippen molar-refractivity contribution in [1.29, 1.82) is 0 Å². The van der Waals surface area contributed by atoms with E-state index in [4.69, 9.17) is 5.11 Å². The van der Waals surface area contributed by atoms with E-state index in [1.54, 1.807) is 18.2 Å². The number of carboxylic acids is 1. The molecule has 3 rings (SSSR count). The van der Waals surface area contributed by atoms with Gasteiger partial charge < -0.3 is 20.3 Å². The Kier molecular flexibility index (Phi) is 2.93. The second-order valence-electron chi connectivity index (χ2n) is 4.70. The fourth-order valence-corrected chi connectivity index (χ4v) is 2.37. The van der Waals surface area contributed by atoms with Crippen LogP contribution in [0.5, 0.6) is 0 Å². The second-order valence-corrected chi connectivity index (χ2v) is 4.70. The van der Waals surface area contributed by atoms with Gasteiger partial charge >= 0.3 is 5.97 Å². The molecule has 2 aromatic carbocycles. The standard InChI is InChI=1S/C15H13NO4/c17-13(14(18)15(19)20)8-5-6-12-10(7-8)9-3-1-2-4-11(9)16-12/h1-7,13-14,16-18H,(H,19,20). The maximum atomic E-state index is 10.7. The molecule has 5 nitrogen and oxygen atoms in total. The van der Waals surface area contributed by atoms with Crippen LogP contribution in [0, 0.1) is 0 Å². The Balaban J connectivity index is 2.14. The van der Waals surface area contributed by atoms with Gasteiger partial charge in [0.05, 0.1) is 0 Å². The molecule has 0 radical (unpaired) electrons. The van der Waals surface area contributed by atoms with Gasteiger partial charge in [0, 0.05) is 21.8 Å². The Morgan fingerprint density at radius 3 is 2.45 bits per heavy atom. The van der Waals surface area contributed by atoms with Crippen molar-refractivity contribution < 1.29 is 20.1 Å². The monoisotopic (exact) mass is 271 g/mol. The summed E-state index contributed by atoms with van der Waals surface area (Å²) in [5, 5.41) is 29.9. The van der Waals surface area contributed by atoms with Gasteiger partial charge in [-0.25, -0.2) is 4.79 Å². The molecule has 0 spiro atoms. The smallest absolute Gasteiger partial charge is 0.335 e. The molecule has 0 saturated heterocycles. The Morgan fingerprint density at radius 2 is 1.70 bits per heavy atom. The molecule has 102 valence electrons. The number of rotatable bonds is 3. The van der Waals surface area contributed by atoms with Crippen LogP contribution in [0.3, 0.4) is 0 Å². The summed E-state index contributed by atoms with van der Waals surface area (Å²) in [5.74, 6) is -1.45. The third-order valence-electron chi connectivity index (χ3n) is 3.42. The molecular formula is C15H13NO4. The van der Waals surface area contributed by atoms with E-state index in [9.17, 15) is 15.0 Å². The van der Waals surface area contributed by atoms with Crippen LogP contribution in [0.25, 0.3) is 21.8 Å². The highest BCUT2D eigenvalue weighted by molar-refractivity contribution is 6.07. The third kappa shape index (κ3) is 1.93. The van der Waals surface area contributed by atoms with Crippen molar-refractivity contribution in [2.24, 2.45) is 0 Å². The van der Waals surface area contributed by atoms with E-state index in [2.05, 4.69) is 4.98 Å². The van der Waals surface area contributed by atoms with Gasteiger partial charge in [0.25, 0.3) is 0 Å². The summed E-state index contributed by atoms with van der Waals surface area (Å²) in [6.07, 6.45) is -3.29. The predicted octanol–water partition coefficient (Wildman–Crippen LogP) is 1.80. The molecular weight excluding hydrogens is 258 g/mol. The van der Waals surface area contributed by atoms with Gasteiger partial charge in [-0.05, 0) is 23.8 Å². The number of H-pyrrole nitrogens is 1. The first-order valence-electron chi connectivity index (χ1n) is 6.17. The third-order valence-corrected chi connectivity index (χ3v) is 3.42. The van der Waals surface area contributed by atoms with Crippen LogP contribution >= 0.6 is 0 Å². The highest BCUT2D eigenvalue weighted by atomic mass is 16.4. The first kappa shape index (κ1) is 12.7. The van der Waals surface area contributed by atoms with Crippen molar-refractivity contribution in [2.45, 2.75) is 12.2 Å². The molecule has 0 saturated carbocycles. The number of para-hydroxylation sites is 1. The highest BCUT2D eigenvalue weighted by Gasteiger charge is 2.25. The van der Waals surface area contributed by atoms with Crippen LogP contribution in [-0.4, -0.2) is 32.4 Å². The number of benzene rings is 2. The Bertz CT molecular complexity index is 793. The Labute approximate surface area is 114 Å². The molecule has 1 aromatic heterocycles. The number of aliphatic hydroxyl groups excluding tert-OH is 2. The molecule has 0 aliphatic heterocycles. The van der Waals surface area contributed by atoms with Gasteiger partial charge in [-0.3, -0.25) is 0 Å². The van der Waals surface area contributed by atoms with Crippen LogP contribution in [0.2, 0.25) is 0 Å². The highest BCUT2D eigenvalue weighted by Crippen LogP contribution is 2.28. The van der Waals surface area contributed by atoms with Crippen LogP contribution in [0.1, 0.15) is 11.7 Å². The van der Waals surface area contributed by atoms with Gasteiger partial charge in [0.2, 0.25) is 0 Å². The minimum atomic E-state index is -1.84. The topological polar surface area (TPSA) is 93.6 Å². The number of nitrogens with one attached hydrogen (secondary N) is 1. The van der Waals surface area contributed by atoms with E-state index >= 15 is 0 Å². The van der Waals surface area contributed by atoms with E-state index in [1.807, 2.05) is 24.3 Å². The fourth-order valence-electron chi connectivity index (χ4n) is 2.37. The van der Waals surface area contributed by atoms with Gasteiger partial charge in [-0.1, -0.05) is 24.3 Å². The van der Waals surface area contributed by atoms with Crippen molar-refractivity contribution in [3.05, 3.63) is 48.0 Å². The second kappa shape index (κ2) is 4.63. The van der Waals surface area contributed by atoms with Crippen molar-refractivity contribution in [2.75, 3.05) is 0 Å². The lowest BCUT2D eigenvalue weighted by Crippen LogP contribution is -2.27. The average Bonchev–Trinajstić information content (AvgIpc) is 2.83. The number of carboxylic acid groups (broad SMARTS) is 1. The van der Waals surface area contributed by atoms with Crippen LogP contribution in [0.15, 0.2) is 42.5 Å². The summed E-state index contributed by atoms with van der Waals surface area (Å²) >= 11 is 0. The van der Waals surface area contributed by atoms with E-state index in [1.165, 1.54) is 0 Å². The number of aromatic nitrogens is 1. The molecule has 0 aliphatic carbocycles. The Morgan fingerprint density at radius 1 is 1.00 bits per heavy atom. The molecule has 2 unspecified atom stereocenters. The summed E-state index contributed by atoms with van der Waals surface area (Å²) in [5.41, 5.74) is 2.23. The number of fused-ring (bicyclic) bond motifs is 3. The molecule has 2 atom stereocenters. The quantitative estimate of drug-likeness (QED) is 0.584. The summed E-state index contributed by atoms with van der Waals surface area (Å²) in [6.45, 7) is 0. The van der Waals surface area contributed by atoms with Crippen LogP contribution in [-0.2, 0) is 4.79 Å². The molecule has 1 heterocycles. The molecule has 0 amide bonds. The molecule has 5 heteroatoms. The molecule has 0 fully saturated rings. The molecule has 20 heavy (non-hydrogen) atoms. The molecule has 0 aliphatic rings.